The third kappa shape index (κ3) is 4.78. The van der Waals surface area contributed by atoms with E-state index in [1.807, 2.05) is 13.8 Å². The second-order valence-electron chi connectivity index (χ2n) is 10.5. The van der Waals surface area contributed by atoms with Crippen LogP contribution in [0.3, 0.4) is 0 Å². The van der Waals surface area contributed by atoms with Crippen molar-refractivity contribution in [3.63, 3.8) is 0 Å². The number of hydrogen-bond donors (Lipinski definition) is 0. The summed E-state index contributed by atoms with van der Waals surface area (Å²) in [6, 6.07) is 12.0. The van der Waals surface area contributed by atoms with Crippen LogP contribution in [0.5, 0.6) is 0 Å². The van der Waals surface area contributed by atoms with Crippen molar-refractivity contribution in [3.05, 3.63) is 77.0 Å². The Morgan fingerprint density at radius 1 is 1.21 bits per heavy atom. The number of nitriles is 1. The fourth-order valence-corrected chi connectivity index (χ4v) is 6.75. The third-order valence-electron chi connectivity index (χ3n) is 8.15. The molecule has 39 heavy (non-hydrogen) atoms. The molecule has 0 bridgehead atoms. The summed E-state index contributed by atoms with van der Waals surface area (Å²) in [7, 11) is -3.17. The van der Waals surface area contributed by atoms with Gasteiger partial charge in [-0.25, -0.2) is 22.8 Å². The van der Waals surface area contributed by atoms with Crippen LogP contribution in [0, 0.1) is 29.0 Å². The SMILES string of the molecule is CCS(=O)(=O)CCc1cc(-c2nc(-c3ccccc3F)c3c(n2)[C@]2(C)C=C(C#N)C(=O)[C@H](C)[C@H]2CC3)ccn1. The van der Waals surface area contributed by atoms with E-state index in [0.29, 0.717) is 46.9 Å². The smallest absolute Gasteiger partial charge is 0.176 e. The van der Waals surface area contributed by atoms with E-state index in [-0.39, 0.29) is 41.1 Å². The molecule has 0 N–H and O–H groups in total. The maximum absolute atomic E-state index is 15.1. The zero-order chi connectivity index (χ0) is 27.9. The van der Waals surface area contributed by atoms with E-state index < -0.39 is 21.1 Å². The van der Waals surface area contributed by atoms with Gasteiger partial charge in [-0.2, -0.15) is 5.26 Å². The second kappa shape index (κ2) is 10.1. The lowest BCUT2D eigenvalue weighted by Gasteiger charge is -2.45. The number of hydrogen-bond acceptors (Lipinski definition) is 7. The van der Waals surface area contributed by atoms with E-state index in [2.05, 4.69) is 11.1 Å². The molecule has 2 aliphatic rings. The summed E-state index contributed by atoms with van der Waals surface area (Å²) >= 11 is 0. The Kier molecular flexibility index (Phi) is 6.93. The first-order valence-electron chi connectivity index (χ1n) is 13.1. The van der Waals surface area contributed by atoms with Gasteiger partial charge in [0.1, 0.15) is 21.7 Å². The number of fused-ring (bicyclic) bond motifs is 3. The van der Waals surface area contributed by atoms with Crippen LogP contribution in [0.4, 0.5) is 4.39 Å². The molecule has 1 aromatic carbocycles. The van der Waals surface area contributed by atoms with Gasteiger partial charge >= 0.3 is 0 Å². The van der Waals surface area contributed by atoms with E-state index >= 15 is 4.39 Å². The van der Waals surface area contributed by atoms with Gasteiger partial charge in [0, 0.05) is 52.1 Å². The lowest BCUT2D eigenvalue weighted by Crippen LogP contribution is -2.46. The molecular weight excluding hydrogens is 515 g/mol. The van der Waals surface area contributed by atoms with Crippen molar-refractivity contribution in [1.29, 1.82) is 5.26 Å². The number of ketones is 1. The number of allylic oxidation sites excluding steroid dienone is 2. The number of aromatic nitrogens is 3. The number of rotatable bonds is 6. The Labute approximate surface area is 227 Å². The molecule has 0 saturated carbocycles. The summed E-state index contributed by atoms with van der Waals surface area (Å²) < 4.78 is 39.2. The Balaban J connectivity index is 1.72. The molecule has 3 aromatic rings. The Bertz CT molecular complexity index is 1660. The molecule has 2 heterocycles. The van der Waals surface area contributed by atoms with Crippen LogP contribution in [0.25, 0.3) is 22.6 Å². The van der Waals surface area contributed by atoms with E-state index in [9.17, 15) is 18.5 Å². The van der Waals surface area contributed by atoms with Gasteiger partial charge in [-0.3, -0.25) is 9.78 Å². The minimum atomic E-state index is -3.17. The number of benzene rings is 1. The highest BCUT2D eigenvalue weighted by Gasteiger charge is 2.49. The quantitative estimate of drug-likeness (QED) is 0.437. The van der Waals surface area contributed by atoms with E-state index in [4.69, 9.17) is 9.97 Å². The van der Waals surface area contributed by atoms with Crippen LogP contribution in [-0.4, -0.2) is 40.7 Å². The van der Waals surface area contributed by atoms with Gasteiger partial charge in [0.2, 0.25) is 0 Å². The number of nitrogens with zero attached hydrogens (tertiary/aromatic N) is 4. The molecule has 0 radical (unpaired) electrons. The molecule has 0 saturated heterocycles. The highest BCUT2D eigenvalue weighted by atomic mass is 32.2. The number of halogens is 1. The van der Waals surface area contributed by atoms with Crippen molar-refractivity contribution < 1.29 is 17.6 Å². The Hall–Kier alpha value is -3.77. The number of pyridine rings is 1. The van der Waals surface area contributed by atoms with Gasteiger partial charge in [-0.15, -0.1) is 0 Å². The number of carbonyl (C=O) groups excluding carboxylic acids is 1. The Morgan fingerprint density at radius 3 is 2.69 bits per heavy atom. The van der Waals surface area contributed by atoms with Crippen molar-refractivity contribution in [2.75, 3.05) is 11.5 Å². The summed E-state index contributed by atoms with van der Waals surface area (Å²) in [5.41, 5.74) is 2.93. The molecule has 7 nitrogen and oxygen atoms in total. The second-order valence-corrected chi connectivity index (χ2v) is 12.9. The van der Waals surface area contributed by atoms with Crippen LogP contribution in [0.1, 0.15) is 44.1 Å². The summed E-state index contributed by atoms with van der Waals surface area (Å²) in [5, 5.41) is 9.72. The first kappa shape index (κ1) is 26.8. The molecule has 0 amide bonds. The molecule has 3 atom stereocenters. The van der Waals surface area contributed by atoms with Crippen molar-refractivity contribution in [1.82, 2.24) is 15.0 Å². The van der Waals surface area contributed by atoms with Crippen LogP contribution < -0.4 is 0 Å². The zero-order valence-electron chi connectivity index (χ0n) is 22.1. The molecule has 0 unspecified atom stereocenters. The fourth-order valence-electron chi connectivity index (χ4n) is 5.94. The maximum atomic E-state index is 15.1. The van der Waals surface area contributed by atoms with Gasteiger partial charge < -0.3 is 0 Å². The van der Waals surface area contributed by atoms with Crippen LogP contribution in [0.15, 0.2) is 54.2 Å². The first-order valence-corrected chi connectivity index (χ1v) is 14.9. The molecule has 2 aromatic heterocycles. The highest BCUT2D eigenvalue weighted by Crippen LogP contribution is 2.51. The van der Waals surface area contributed by atoms with Gasteiger partial charge in [0.05, 0.1) is 22.7 Å². The third-order valence-corrected chi connectivity index (χ3v) is 9.86. The molecule has 0 spiro atoms. The predicted molar refractivity (Wildman–Crippen MR) is 146 cm³/mol. The highest BCUT2D eigenvalue weighted by molar-refractivity contribution is 7.91. The predicted octanol–water partition coefficient (Wildman–Crippen LogP) is 4.81. The summed E-state index contributed by atoms with van der Waals surface area (Å²) in [6.07, 6.45) is 4.83. The minimum Gasteiger partial charge on any atom is -0.293 e. The molecule has 0 fully saturated rings. The molecule has 2 aliphatic carbocycles. The average molecular weight is 545 g/mol. The van der Waals surface area contributed by atoms with Crippen LogP contribution >= 0.6 is 0 Å². The van der Waals surface area contributed by atoms with Gasteiger partial charge in [0.25, 0.3) is 0 Å². The van der Waals surface area contributed by atoms with Crippen LogP contribution in [-0.2, 0) is 32.9 Å². The lowest BCUT2D eigenvalue weighted by atomic mass is 9.57. The number of aryl methyl sites for hydroxylation is 1. The zero-order valence-corrected chi connectivity index (χ0v) is 22.9. The molecule has 200 valence electrons. The number of sulfone groups is 1. The van der Waals surface area contributed by atoms with Crippen LogP contribution in [0.2, 0.25) is 0 Å². The standard InChI is InChI=1S/C30H29FN4O3S/c1-4-39(37,38)14-12-21-15-19(11-13-33-21)29-34-26(22-7-5-6-8-25(22)31)23-9-10-24-18(2)27(36)20(17-32)16-30(24,3)28(23)35-29/h5-8,11,13,15-16,18,24H,4,9-10,12,14H2,1-3H3/t18-,24-,30-/m1/s1. The monoisotopic (exact) mass is 544 g/mol. The minimum absolute atomic E-state index is 0.0150. The first-order chi connectivity index (χ1) is 18.6. The summed E-state index contributed by atoms with van der Waals surface area (Å²) in [5.74, 6) is -0.591. The van der Waals surface area contributed by atoms with Crippen molar-refractivity contribution >= 4 is 15.6 Å². The maximum Gasteiger partial charge on any atom is 0.176 e. The van der Waals surface area contributed by atoms with E-state index in [1.165, 1.54) is 6.07 Å². The summed E-state index contributed by atoms with van der Waals surface area (Å²) in [4.78, 5) is 27.0. The van der Waals surface area contributed by atoms with Crippen molar-refractivity contribution in [2.45, 2.75) is 45.4 Å². The van der Waals surface area contributed by atoms with E-state index in [1.54, 1.807) is 49.5 Å². The van der Waals surface area contributed by atoms with Gasteiger partial charge in [-0.1, -0.05) is 39.0 Å². The topological polar surface area (TPSA) is 114 Å². The van der Waals surface area contributed by atoms with Gasteiger partial charge in [0.15, 0.2) is 11.6 Å². The fraction of sp³-hybridized carbons (Fsp3) is 0.367. The Morgan fingerprint density at radius 2 is 1.97 bits per heavy atom. The van der Waals surface area contributed by atoms with Gasteiger partial charge in [-0.05, 0) is 43.0 Å². The van der Waals surface area contributed by atoms with Crippen molar-refractivity contribution in [2.24, 2.45) is 11.8 Å². The molecular formula is C30H29FN4O3S. The number of Topliss-reactive ketones (excluding diaryl/α,β-unsaturated/α-hetero) is 1. The number of carbonyl (C=O) groups is 1. The molecule has 5 rings (SSSR count). The lowest BCUT2D eigenvalue weighted by molar-refractivity contribution is -0.121. The molecule has 9 heteroatoms. The average Bonchev–Trinajstić information content (AvgIpc) is 2.94. The van der Waals surface area contributed by atoms with E-state index in [0.717, 1.165) is 5.56 Å². The largest absolute Gasteiger partial charge is 0.293 e. The summed E-state index contributed by atoms with van der Waals surface area (Å²) in [6.45, 7) is 5.47. The normalized spacial score (nSPS) is 22.4. The van der Waals surface area contributed by atoms with Crippen molar-refractivity contribution in [3.8, 4) is 28.7 Å². The molecule has 0 aliphatic heterocycles.